The molecule has 7 nitrogen and oxygen atoms in total. The molecule has 0 fully saturated rings. The van der Waals surface area contributed by atoms with Gasteiger partial charge < -0.3 is 9.72 Å². The van der Waals surface area contributed by atoms with Crippen LogP contribution in [-0.2, 0) is 9.53 Å². The number of anilines is 1. The standard InChI is InChI=1S/C20H16N4O3S/c1-12(27-19(26)14-7-8-15-16(9-14)22-11-21-15)18(25)24-20-23-17(10-28-20)13-5-3-2-4-6-13/h2-12H,1H3,(H,21,22)(H,23,24,25). The van der Waals surface area contributed by atoms with Crippen LogP contribution in [0.1, 0.15) is 17.3 Å². The van der Waals surface area contributed by atoms with Gasteiger partial charge >= 0.3 is 5.97 Å². The van der Waals surface area contributed by atoms with Crippen LogP contribution < -0.4 is 5.32 Å². The van der Waals surface area contributed by atoms with Crippen molar-refractivity contribution in [2.45, 2.75) is 13.0 Å². The van der Waals surface area contributed by atoms with Crippen molar-refractivity contribution in [1.29, 1.82) is 0 Å². The second-order valence-corrected chi connectivity index (χ2v) is 6.93. The second-order valence-electron chi connectivity index (χ2n) is 6.08. The van der Waals surface area contributed by atoms with E-state index in [1.807, 2.05) is 35.7 Å². The number of amides is 1. The molecular weight excluding hydrogens is 376 g/mol. The molecule has 0 spiro atoms. The summed E-state index contributed by atoms with van der Waals surface area (Å²) in [5.74, 6) is -1.02. The number of fused-ring (bicyclic) bond motifs is 1. The second kappa shape index (κ2) is 7.61. The Bertz CT molecular complexity index is 1140. The molecule has 0 saturated carbocycles. The average Bonchev–Trinajstić information content (AvgIpc) is 3.37. The van der Waals surface area contributed by atoms with E-state index in [2.05, 4.69) is 20.3 Å². The van der Waals surface area contributed by atoms with E-state index in [4.69, 9.17) is 4.74 Å². The van der Waals surface area contributed by atoms with Crippen LogP contribution in [0.15, 0.2) is 60.2 Å². The van der Waals surface area contributed by atoms with Gasteiger partial charge in [0.05, 0.1) is 28.6 Å². The first-order valence-electron chi connectivity index (χ1n) is 8.56. The van der Waals surface area contributed by atoms with E-state index in [-0.39, 0.29) is 0 Å². The van der Waals surface area contributed by atoms with Crippen molar-refractivity contribution in [3.8, 4) is 11.3 Å². The first-order chi connectivity index (χ1) is 13.6. The number of esters is 1. The number of imidazole rings is 1. The van der Waals surface area contributed by atoms with Crippen LogP contribution in [0.4, 0.5) is 5.13 Å². The maximum atomic E-state index is 12.4. The number of H-pyrrole nitrogens is 1. The highest BCUT2D eigenvalue weighted by Crippen LogP contribution is 2.24. The molecule has 0 aliphatic rings. The van der Waals surface area contributed by atoms with E-state index >= 15 is 0 Å². The van der Waals surface area contributed by atoms with Crippen molar-refractivity contribution < 1.29 is 14.3 Å². The van der Waals surface area contributed by atoms with Crippen molar-refractivity contribution in [2.75, 3.05) is 5.32 Å². The normalized spacial score (nSPS) is 11.9. The van der Waals surface area contributed by atoms with Crippen molar-refractivity contribution >= 4 is 39.4 Å². The summed E-state index contributed by atoms with van der Waals surface area (Å²) < 4.78 is 5.28. The van der Waals surface area contributed by atoms with Gasteiger partial charge in [0.25, 0.3) is 5.91 Å². The Morgan fingerprint density at radius 3 is 2.82 bits per heavy atom. The van der Waals surface area contributed by atoms with Gasteiger partial charge in [0.1, 0.15) is 0 Å². The van der Waals surface area contributed by atoms with Gasteiger partial charge in [-0.3, -0.25) is 10.1 Å². The molecule has 140 valence electrons. The third-order valence-electron chi connectivity index (χ3n) is 4.11. The molecular formula is C20H16N4O3S. The number of rotatable bonds is 5. The van der Waals surface area contributed by atoms with Crippen LogP contribution in [0.3, 0.4) is 0 Å². The molecule has 0 bridgehead atoms. The molecule has 28 heavy (non-hydrogen) atoms. The fourth-order valence-electron chi connectivity index (χ4n) is 2.62. The molecule has 1 unspecified atom stereocenters. The zero-order chi connectivity index (χ0) is 19.5. The number of aromatic amines is 1. The minimum absolute atomic E-state index is 0.344. The Morgan fingerprint density at radius 1 is 1.18 bits per heavy atom. The molecule has 0 aliphatic carbocycles. The lowest BCUT2D eigenvalue weighted by Gasteiger charge is -2.12. The zero-order valence-electron chi connectivity index (χ0n) is 14.9. The predicted molar refractivity (Wildman–Crippen MR) is 107 cm³/mol. The van der Waals surface area contributed by atoms with Crippen LogP contribution >= 0.6 is 11.3 Å². The van der Waals surface area contributed by atoms with Crippen LogP contribution in [-0.4, -0.2) is 32.9 Å². The Hall–Kier alpha value is -3.52. The summed E-state index contributed by atoms with van der Waals surface area (Å²) in [6.45, 7) is 1.52. The molecule has 0 aliphatic heterocycles. The van der Waals surface area contributed by atoms with E-state index in [9.17, 15) is 9.59 Å². The van der Waals surface area contributed by atoms with Crippen molar-refractivity contribution in [3.05, 3.63) is 65.8 Å². The molecule has 1 amide bonds. The summed E-state index contributed by atoms with van der Waals surface area (Å²) in [6, 6.07) is 14.6. The van der Waals surface area contributed by atoms with E-state index in [1.165, 1.54) is 18.3 Å². The molecule has 4 rings (SSSR count). The SMILES string of the molecule is CC(OC(=O)c1ccc2nc[nH]c2c1)C(=O)Nc1nc(-c2ccccc2)cs1. The number of carbonyl (C=O) groups excluding carboxylic acids is 2. The van der Waals surface area contributed by atoms with E-state index < -0.39 is 18.0 Å². The number of nitrogens with one attached hydrogen (secondary N) is 2. The smallest absolute Gasteiger partial charge is 0.338 e. The summed E-state index contributed by atoms with van der Waals surface area (Å²) >= 11 is 1.31. The summed E-state index contributed by atoms with van der Waals surface area (Å²) in [7, 11) is 0. The van der Waals surface area contributed by atoms with Gasteiger partial charge in [-0.05, 0) is 25.1 Å². The maximum Gasteiger partial charge on any atom is 0.338 e. The Balaban J connectivity index is 1.39. The van der Waals surface area contributed by atoms with Crippen LogP contribution in [0.5, 0.6) is 0 Å². The van der Waals surface area contributed by atoms with Gasteiger partial charge in [0.2, 0.25) is 0 Å². The molecule has 2 N–H and O–H groups in total. The number of thiazole rings is 1. The molecule has 8 heteroatoms. The summed E-state index contributed by atoms with van der Waals surface area (Å²) in [5.41, 5.74) is 3.56. The highest BCUT2D eigenvalue weighted by Gasteiger charge is 2.20. The first-order valence-corrected chi connectivity index (χ1v) is 9.44. The van der Waals surface area contributed by atoms with Crippen LogP contribution in [0.25, 0.3) is 22.3 Å². The number of hydrogen-bond acceptors (Lipinski definition) is 6. The average molecular weight is 392 g/mol. The lowest BCUT2D eigenvalue weighted by Crippen LogP contribution is -2.29. The summed E-state index contributed by atoms with van der Waals surface area (Å²) in [4.78, 5) is 36.1. The third-order valence-corrected chi connectivity index (χ3v) is 4.87. The van der Waals surface area contributed by atoms with Gasteiger partial charge in [-0.2, -0.15) is 0 Å². The van der Waals surface area contributed by atoms with Gasteiger partial charge in [-0.15, -0.1) is 11.3 Å². The van der Waals surface area contributed by atoms with Crippen molar-refractivity contribution in [3.63, 3.8) is 0 Å². The van der Waals surface area contributed by atoms with E-state index in [1.54, 1.807) is 24.5 Å². The maximum absolute atomic E-state index is 12.4. The molecule has 1 atom stereocenters. The first kappa shape index (κ1) is 17.9. The molecule has 0 saturated heterocycles. The number of nitrogens with zero attached hydrogens (tertiary/aromatic N) is 2. The van der Waals surface area contributed by atoms with Crippen molar-refractivity contribution in [1.82, 2.24) is 15.0 Å². The lowest BCUT2D eigenvalue weighted by atomic mass is 10.2. The largest absolute Gasteiger partial charge is 0.449 e. The quantitative estimate of drug-likeness (QED) is 0.503. The van der Waals surface area contributed by atoms with Crippen molar-refractivity contribution in [2.24, 2.45) is 0 Å². The Labute approximate surface area is 164 Å². The highest BCUT2D eigenvalue weighted by molar-refractivity contribution is 7.14. The number of carbonyl (C=O) groups is 2. The fourth-order valence-corrected chi connectivity index (χ4v) is 3.35. The Morgan fingerprint density at radius 2 is 2.00 bits per heavy atom. The number of aromatic nitrogens is 3. The zero-order valence-corrected chi connectivity index (χ0v) is 15.7. The molecule has 0 radical (unpaired) electrons. The minimum atomic E-state index is -0.964. The van der Waals surface area contributed by atoms with Gasteiger partial charge in [-0.25, -0.2) is 14.8 Å². The molecule has 2 aromatic heterocycles. The minimum Gasteiger partial charge on any atom is -0.449 e. The monoisotopic (exact) mass is 392 g/mol. The Kier molecular flexibility index (Phi) is 4.86. The van der Waals surface area contributed by atoms with Gasteiger partial charge in [-0.1, -0.05) is 30.3 Å². The van der Waals surface area contributed by atoms with Gasteiger partial charge in [0, 0.05) is 10.9 Å². The highest BCUT2D eigenvalue weighted by atomic mass is 32.1. The van der Waals surface area contributed by atoms with Gasteiger partial charge in [0.15, 0.2) is 11.2 Å². The van der Waals surface area contributed by atoms with Crippen LogP contribution in [0, 0.1) is 0 Å². The number of benzene rings is 2. The molecule has 2 aromatic carbocycles. The number of ether oxygens (including phenoxy) is 1. The molecule has 4 aromatic rings. The predicted octanol–water partition coefficient (Wildman–Crippen LogP) is 3.87. The fraction of sp³-hybridized carbons (Fsp3) is 0.100. The molecule has 2 heterocycles. The number of hydrogen-bond donors (Lipinski definition) is 2. The summed E-state index contributed by atoms with van der Waals surface area (Å²) in [5, 5.41) is 5.00. The lowest BCUT2D eigenvalue weighted by molar-refractivity contribution is -0.123. The van der Waals surface area contributed by atoms with Crippen LogP contribution in [0.2, 0.25) is 0 Å². The summed E-state index contributed by atoms with van der Waals surface area (Å²) in [6.07, 6.45) is 0.585. The topological polar surface area (TPSA) is 97.0 Å². The van der Waals surface area contributed by atoms with E-state index in [0.717, 1.165) is 22.3 Å². The third kappa shape index (κ3) is 3.77. The van der Waals surface area contributed by atoms with E-state index in [0.29, 0.717) is 10.7 Å².